The molecule has 0 aliphatic carbocycles. The van der Waals surface area contributed by atoms with Gasteiger partial charge in [0.25, 0.3) is 11.8 Å². The van der Waals surface area contributed by atoms with Gasteiger partial charge in [-0.05, 0) is 85.8 Å². The van der Waals surface area contributed by atoms with Gasteiger partial charge in [-0.25, -0.2) is 24.0 Å². The first-order chi connectivity index (χ1) is 36.1. The number of esters is 4. The van der Waals surface area contributed by atoms with Crippen LogP contribution in [0.5, 0.6) is 0 Å². The van der Waals surface area contributed by atoms with Crippen molar-refractivity contribution in [1.29, 1.82) is 0 Å². The molecule has 0 radical (unpaired) electrons. The first kappa shape index (κ1) is 58.9. The van der Waals surface area contributed by atoms with Crippen LogP contribution in [-0.2, 0) is 44.7 Å². The van der Waals surface area contributed by atoms with Crippen molar-refractivity contribution in [2.24, 2.45) is 0 Å². The van der Waals surface area contributed by atoms with Gasteiger partial charge < -0.3 is 55.6 Å². The minimum absolute atomic E-state index is 0.0230. The molecule has 400 valence electrons. The van der Waals surface area contributed by atoms with Gasteiger partial charge in [0.1, 0.15) is 13.2 Å². The van der Waals surface area contributed by atoms with Crippen LogP contribution in [0.2, 0.25) is 0 Å². The Bertz CT molecular complexity index is 2440. The van der Waals surface area contributed by atoms with E-state index in [9.17, 15) is 47.9 Å². The Morgan fingerprint density at radius 3 is 1.01 bits per heavy atom. The predicted octanol–water partition coefficient (Wildman–Crippen LogP) is 7.12. The molecule has 0 atom stereocenters. The highest BCUT2D eigenvalue weighted by atomic mass is 16.6. The van der Waals surface area contributed by atoms with Crippen molar-refractivity contribution in [1.82, 2.24) is 16.0 Å². The van der Waals surface area contributed by atoms with Crippen LogP contribution in [0.15, 0.2) is 84.9 Å². The number of amides is 6. The van der Waals surface area contributed by atoms with Gasteiger partial charge in [0.05, 0.1) is 61.8 Å². The smallest absolute Gasteiger partial charge is 0.407 e. The van der Waals surface area contributed by atoms with Crippen LogP contribution in [-0.4, -0.2) is 106 Å². The monoisotopic (exact) mass is 1040 g/mol. The maximum absolute atomic E-state index is 13.7. The van der Waals surface area contributed by atoms with Crippen LogP contribution in [0.3, 0.4) is 0 Å². The van der Waals surface area contributed by atoms with E-state index in [2.05, 4.69) is 31.9 Å². The molecule has 6 amide bonds. The molecule has 75 heavy (non-hydrogen) atoms. The Balaban J connectivity index is 1.52. The summed E-state index contributed by atoms with van der Waals surface area (Å²) in [6.07, 6.45) is 4.58. The zero-order valence-corrected chi connectivity index (χ0v) is 42.5. The van der Waals surface area contributed by atoms with E-state index in [0.29, 0.717) is 31.2 Å². The molecule has 0 saturated carbocycles. The quantitative estimate of drug-likeness (QED) is 0.0179. The summed E-state index contributed by atoms with van der Waals surface area (Å²) in [6, 6.07) is 20.1. The first-order valence-corrected chi connectivity index (χ1v) is 24.7. The average molecular weight is 1040 g/mol. The summed E-state index contributed by atoms with van der Waals surface area (Å²) in [5, 5.41) is 14.8. The van der Waals surface area contributed by atoms with Crippen LogP contribution in [0.4, 0.5) is 21.9 Å². The lowest BCUT2D eigenvalue weighted by molar-refractivity contribution is -0.116. The van der Waals surface area contributed by atoms with Gasteiger partial charge >= 0.3 is 30.0 Å². The van der Waals surface area contributed by atoms with E-state index in [1.54, 1.807) is 30.3 Å². The molecule has 21 heteroatoms. The SMILES string of the molecule is CCCCOC(=O)c1cc(NC(=O)CNC(=O)c2cc(NC(=O)CNC(=O)OCc3ccccc3)cc(C(=O)NCC(=O)Nc3cc(C(=O)OCCCC)cc(C(=O)OCCCC)c3)c2)cc(C(=O)OCCCC)c1. The fourth-order valence-electron chi connectivity index (χ4n) is 6.47. The summed E-state index contributed by atoms with van der Waals surface area (Å²) in [6.45, 7) is 6.24. The van der Waals surface area contributed by atoms with Crippen molar-refractivity contribution in [2.75, 3.05) is 62.0 Å². The Morgan fingerprint density at radius 1 is 0.373 bits per heavy atom. The lowest BCUT2D eigenvalue weighted by atomic mass is 10.1. The van der Waals surface area contributed by atoms with E-state index in [-0.39, 0.29) is 83.5 Å². The van der Waals surface area contributed by atoms with Gasteiger partial charge in [0.2, 0.25) is 17.7 Å². The molecule has 6 N–H and O–H groups in total. The average Bonchev–Trinajstić information content (AvgIpc) is 3.40. The van der Waals surface area contributed by atoms with E-state index in [1.807, 2.05) is 27.7 Å². The molecule has 4 rings (SSSR count). The molecule has 0 saturated heterocycles. The molecule has 0 unspecified atom stereocenters. The zero-order valence-electron chi connectivity index (χ0n) is 42.5. The number of carbonyl (C=O) groups excluding carboxylic acids is 10. The third kappa shape index (κ3) is 21.2. The number of ether oxygens (including phenoxy) is 5. The Hall–Kier alpha value is -8.62. The van der Waals surface area contributed by atoms with Crippen molar-refractivity contribution < 1.29 is 71.6 Å². The van der Waals surface area contributed by atoms with Crippen LogP contribution in [0.1, 0.15) is 147 Å². The summed E-state index contributed by atoms with van der Waals surface area (Å²) in [4.78, 5) is 131. The summed E-state index contributed by atoms with van der Waals surface area (Å²) < 4.78 is 26.4. The van der Waals surface area contributed by atoms with E-state index in [0.717, 1.165) is 31.7 Å². The molecule has 0 aliphatic heterocycles. The highest BCUT2D eigenvalue weighted by Crippen LogP contribution is 2.21. The molecule has 0 heterocycles. The highest BCUT2D eigenvalue weighted by molar-refractivity contribution is 6.06. The molecule has 21 nitrogen and oxygen atoms in total. The largest absolute Gasteiger partial charge is 0.462 e. The molecule has 4 aromatic rings. The summed E-state index contributed by atoms with van der Waals surface area (Å²) in [5.41, 5.74) is 0.0656. The number of carbonyl (C=O) groups is 10. The zero-order chi connectivity index (χ0) is 54.5. The Kier molecular flexibility index (Phi) is 25.0. The van der Waals surface area contributed by atoms with Crippen LogP contribution in [0.25, 0.3) is 0 Å². The number of rotatable bonds is 29. The summed E-state index contributed by atoms with van der Waals surface area (Å²) >= 11 is 0. The molecule has 4 aromatic carbocycles. The van der Waals surface area contributed by atoms with Gasteiger partial charge in [0.15, 0.2) is 0 Å². The van der Waals surface area contributed by atoms with Gasteiger partial charge in [-0.15, -0.1) is 0 Å². The molecule has 0 aliphatic rings. The molecular formula is C54H64N6O15. The molecule has 0 fully saturated rings. The fourth-order valence-corrected chi connectivity index (χ4v) is 6.47. The van der Waals surface area contributed by atoms with Crippen molar-refractivity contribution in [3.05, 3.63) is 124 Å². The Morgan fingerprint density at radius 2 is 0.680 bits per heavy atom. The minimum Gasteiger partial charge on any atom is -0.462 e. The Labute approximate surface area is 434 Å². The summed E-state index contributed by atoms with van der Waals surface area (Å²) in [7, 11) is 0. The standard InChI is InChI=1S/C54H64N6O15/c1-5-9-18-71-50(66)38-23-39(51(67)72-19-10-6-2)28-43(27-38)59-45(61)31-55-48(64)36-22-37(26-42(25-36)58-47(63)33-57-54(70)75-34-35-16-14-13-15-17-35)49(65)56-32-46(62)60-44-29-40(52(68)73-20-11-7-3)24-41(30-44)53(69)74-21-12-8-4/h13-17,22-30H,5-12,18-21,31-34H2,1-4H3,(H,55,64)(H,56,65)(H,57,70)(H,58,63)(H,59,61)(H,60,62). The number of alkyl carbamates (subject to hydrolysis) is 1. The third-order valence-corrected chi connectivity index (χ3v) is 10.5. The second kappa shape index (κ2) is 31.8. The maximum atomic E-state index is 13.7. The number of unbranched alkanes of at least 4 members (excludes halogenated alkanes) is 4. The lowest BCUT2D eigenvalue weighted by Crippen LogP contribution is -2.35. The van der Waals surface area contributed by atoms with Gasteiger partial charge in [-0.1, -0.05) is 83.7 Å². The maximum Gasteiger partial charge on any atom is 0.407 e. The van der Waals surface area contributed by atoms with Gasteiger partial charge in [0, 0.05) is 28.2 Å². The van der Waals surface area contributed by atoms with Crippen molar-refractivity contribution >= 4 is 76.6 Å². The second-order valence-electron chi connectivity index (χ2n) is 16.8. The van der Waals surface area contributed by atoms with E-state index >= 15 is 0 Å². The number of benzene rings is 4. The normalized spacial score (nSPS) is 10.5. The number of nitrogens with one attached hydrogen (secondary N) is 6. The number of hydrogen-bond acceptors (Lipinski definition) is 15. The van der Waals surface area contributed by atoms with E-state index in [4.69, 9.17) is 23.7 Å². The van der Waals surface area contributed by atoms with Crippen LogP contribution >= 0.6 is 0 Å². The number of anilines is 3. The van der Waals surface area contributed by atoms with Crippen molar-refractivity contribution in [3.63, 3.8) is 0 Å². The van der Waals surface area contributed by atoms with Crippen molar-refractivity contribution in [2.45, 2.75) is 85.7 Å². The van der Waals surface area contributed by atoms with E-state index in [1.165, 1.54) is 48.5 Å². The van der Waals surface area contributed by atoms with Gasteiger partial charge in [-0.3, -0.25) is 24.0 Å². The predicted molar refractivity (Wildman–Crippen MR) is 275 cm³/mol. The summed E-state index contributed by atoms with van der Waals surface area (Å²) in [5.74, 6) is -7.10. The first-order valence-electron chi connectivity index (χ1n) is 24.7. The molecular weight excluding hydrogens is 973 g/mol. The van der Waals surface area contributed by atoms with Gasteiger partial charge in [-0.2, -0.15) is 0 Å². The highest BCUT2D eigenvalue weighted by Gasteiger charge is 2.21. The lowest BCUT2D eigenvalue weighted by Gasteiger charge is -2.14. The minimum atomic E-state index is -0.902. The topological polar surface area (TPSA) is 289 Å². The number of hydrogen-bond donors (Lipinski definition) is 6. The molecule has 0 spiro atoms. The van der Waals surface area contributed by atoms with Crippen molar-refractivity contribution in [3.8, 4) is 0 Å². The third-order valence-electron chi connectivity index (χ3n) is 10.5. The van der Waals surface area contributed by atoms with E-state index < -0.39 is 79.1 Å². The molecule has 0 bridgehead atoms. The molecule has 0 aromatic heterocycles. The van der Waals surface area contributed by atoms with Crippen LogP contribution < -0.4 is 31.9 Å². The van der Waals surface area contributed by atoms with Crippen LogP contribution in [0, 0.1) is 0 Å². The second-order valence-corrected chi connectivity index (χ2v) is 16.8. The fraction of sp³-hybridized carbons (Fsp3) is 0.370.